The van der Waals surface area contributed by atoms with Gasteiger partial charge in [-0.1, -0.05) is 30.3 Å². The second kappa shape index (κ2) is 10.7. The van der Waals surface area contributed by atoms with E-state index < -0.39 is 47.4 Å². The fraction of sp³-hybridized carbons (Fsp3) is 0.318. The lowest BCUT2D eigenvalue weighted by atomic mass is 10.0. The van der Waals surface area contributed by atoms with Gasteiger partial charge in [-0.2, -0.15) is 13.2 Å². The predicted molar refractivity (Wildman–Crippen MR) is 107 cm³/mol. The van der Waals surface area contributed by atoms with Crippen LogP contribution in [0, 0.1) is 5.82 Å². The molecule has 2 atom stereocenters. The lowest BCUT2D eigenvalue weighted by Gasteiger charge is -2.22. The number of carbonyl (C=O) groups is 3. The predicted octanol–water partition coefficient (Wildman–Crippen LogP) is 2.79. The van der Waals surface area contributed by atoms with Crippen molar-refractivity contribution in [2.75, 3.05) is 7.11 Å². The summed E-state index contributed by atoms with van der Waals surface area (Å²) in [5.74, 6) is -2.59. The van der Waals surface area contributed by atoms with Crippen molar-refractivity contribution >= 4 is 17.8 Å². The summed E-state index contributed by atoms with van der Waals surface area (Å²) in [6.07, 6.45) is -4.82. The maximum absolute atomic E-state index is 13.1. The number of benzene rings is 2. The molecule has 2 N–H and O–H groups in total. The van der Waals surface area contributed by atoms with Gasteiger partial charge in [-0.25, -0.2) is 9.18 Å². The number of alkyl halides is 3. The fourth-order valence-electron chi connectivity index (χ4n) is 3.03. The van der Waals surface area contributed by atoms with E-state index in [1.807, 2.05) is 0 Å². The Kier molecular flexibility index (Phi) is 8.34. The molecule has 0 bridgehead atoms. The van der Waals surface area contributed by atoms with Crippen molar-refractivity contribution in [1.29, 1.82) is 0 Å². The minimum Gasteiger partial charge on any atom is -0.467 e. The van der Waals surface area contributed by atoms with Crippen LogP contribution in [-0.2, 0) is 38.1 Å². The Hall–Kier alpha value is -3.43. The highest BCUT2D eigenvalue weighted by Gasteiger charge is 2.31. The number of amides is 2. The summed E-state index contributed by atoms with van der Waals surface area (Å²) in [6, 6.07) is 7.25. The molecule has 0 unspecified atom stereocenters. The second-order valence-electron chi connectivity index (χ2n) is 7.07. The first kappa shape index (κ1) is 24.8. The molecule has 0 saturated heterocycles. The van der Waals surface area contributed by atoms with Crippen LogP contribution in [0.5, 0.6) is 0 Å². The van der Waals surface area contributed by atoms with Gasteiger partial charge in [-0.05, 0) is 29.3 Å². The number of nitrogens with one attached hydrogen (secondary N) is 2. The molecule has 10 heteroatoms. The molecule has 2 aromatic rings. The molecule has 2 aromatic carbocycles. The largest absolute Gasteiger partial charge is 0.467 e. The molecule has 2 rings (SSSR count). The first-order valence-electron chi connectivity index (χ1n) is 9.55. The first-order valence-corrected chi connectivity index (χ1v) is 9.55. The number of rotatable bonds is 8. The number of ether oxygens (including phenoxy) is 1. The molecule has 0 radical (unpaired) electrons. The lowest BCUT2D eigenvalue weighted by molar-refractivity contribution is -0.145. The highest BCUT2D eigenvalue weighted by Crippen LogP contribution is 2.29. The van der Waals surface area contributed by atoms with Crippen LogP contribution in [0.15, 0.2) is 48.5 Å². The second-order valence-corrected chi connectivity index (χ2v) is 7.07. The molecule has 0 fully saturated rings. The standard InChI is InChI=1S/C22H22F4N2O4/c1-13(29)27-18(11-14-6-8-17(23)9-7-14)20(30)28-19(21(31)32-2)12-15-4-3-5-16(10-15)22(24,25)26/h3-10,18-19H,11-12H2,1-2H3,(H,27,29)(H,28,30)/t18-,19+/m0/s1. The molecular formula is C22H22F4N2O4. The molecule has 0 aromatic heterocycles. The summed E-state index contributed by atoms with van der Waals surface area (Å²) in [4.78, 5) is 36.5. The number of hydrogen-bond donors (Lipinski definition) is 2. The van der Waals surface area contributed by atoms with Gasteiger partial charge in [0, 0.05) is 19.8 Å². The zero-order chi connectivity index (χ0) is 23.9. The summed E-state index contributed by atoms with van der Waals surface area (Å²) < 4.78 is 56.7. The van der Waals surface area contributed by atoms with Crippen molar-refractivity contribution in [3.8, 4) is 0 Å². The van der Waals surface area contributed by atoms with Gasteiger partial charge in [-0.3, -0.25) is 9.59 Å². The highest BCUT2D eigenvalue weighted by molar-refractivity contribution is 5.90. The third-order valence-corrected chi connectivity index (χ3v) is 4.54. The fourth-order valence-corrected chi connectivity index (χ4v) is 3.03. The number of halogens is 4. The van der Waals surface area contributed by atoms with Crippen molar-refractivity contribution in [1.82, 2.24) is 10.6 Å². The average molecular weight is 454 g/mol. The summed E-state index contributed by atoms with van der Waals surface area (Å²) >= 11 is 0. The van der Waals surface area contributed by atoms with E-state index in [0.29, 0.717) is 5.56 Å². The molecule has 32 heavy (non-hydrogen) atoms. The number of esters is 1. The molecule has 172 valence electrons. The Balaban J connectivity index is 2.21. The van der Waals surface area contributed by atoms with Gasteiger partial charge in [-0.15, -0.1) is 0 Å². The van der Waals surface area contributed by atoms with Gasteiger partial charge in [0.1, 0.15) is 17.9 Å². The Morgan fingerprint density at radius 3 is 2.12 bits per heavy atom. The van der Waals surface area contributed by atoms with Crippen LogP contribution in [-0.4, -0.2) is 37.0 Å². The van der Waals surface area contributed by atoms with Crippen molar-refractivity contribution in [2.24, 2.45) is 0 Å². The highest BCUT2D eigenvalue weighted by atomic mass is 19.4. The van der Waals surface area contributed by atoms with Gasteiger partial charge in [0.2, 0.25) is 11.8 Å². The third-order valence-electron chi connectivity index (χ3n) is 4.54. The average Bonchev–Trinajstić information content (AvgIpc) is 2.73. The molecule has 0 aliphatic rings. The van der Waals surface area contributed by atoms with Crippen LogP contribution < -0.4 is 10.6 Å². The van der Waals surface area contributed by atoms with Crippen molar-refractivity contribution in [3.05, 3.63) is 71.0 Å². The van der Waals surface area contributed by atoms with E-state index in [-0.39, 0.29) is 18.4 Å². The molecule has 0 aliphatic heterocycles. The maximum Gasteiger partial charge on any atom is 0.416 e. The minimum atomic E-state index is -4.56. The monoisotopic (exact) mass is 454 g/mol. The Morgan fingerprint density at radius 1 is 0.938 bits per heavy atom. The van der Waals surface area contributed by atoms with E-state index in [1.54, 1.807) is 0 Å². The first-order chi connectivity index (χ1) is 15.0. The quantitative estimate of drug-likeness (QED) is 0.475. The Bertz CT molecular complexity index is 961. The number of hydrogen-bond acceptors (Lipinski definition) is 4. The molecule has 2 amide bonds. The van der Waals surface area contributed by atoms with Crippen LogP contribution in [0.2, 0.25) is 0 Å². The Labute approximate surface area is 181 Å². The molecule has 0 heterocycles. The van der Waals surface area contributed by atoms with E-state index in [9.17, 15) is 31.9 Å². The maximum atomic E-state index is 13.1. The summed E-state index contributed by atoms with van der Waals surface area (Å²) in [7, 11) is 1.08. The lowest BCUT2D eigenvalue weighted by Crippen LogP contribution is -2.53. The van der Waals surface area contributed by atoms with E-state index in [0.717, 1.165) is 19.2 Å². The van der Waals surface area contributed by atoms with E-state index >= 15 is 0 Å². The normalized spacial score (nSPS) is 13.1. The van der Waals surface area contributed by atoms with Crippen LogP contribution in [0.25, 0.3) is 0 Å². The molecular weight excluding hydrogens is 432 g/mol. The van der Waals surface area contributed by atoms with Gasteiger partial charge in [0.05, 0.1) is 12.7 Å². The van der Waals surface area contributed by atoms with Gasteiger partial charge >= 0.3 is 12.1 Å². The number of carbonyl (C=O) groups excluding carboxylic acids is 3. The van der Waals surface area contributed by atoms with Gasteiger partial charge < -0.3 is 15.4 Å². The van der Waals surface area contributed by atoms with Crippen molar-refractivity contribution < 1.29 is 36.7 Å². The van der Waals surface area contributed by atoms with Crippen LogP contribution >= 0.6 is 0 Å². The summed E-state index contributed by atoms with van der Waals surface area (Å²) in [5, 5.41) is 4.88. The van der Waals surface area contributed by atoms with Crippen LogP contribution in [0.4, 0.5) is 17.6 Å². The summed E-state index contributed by atoms with van der Waals surface area (Å²) in [5.41, 5.74) is -0.185. The smallest absolute Gasteiger partial charge is 0.416 e. The van der Waals surface area contributed by atoms with E-state index in [4.69, 9.17) is 0 Å². The minimum absolute atomic E-state index is 0.00312. The van der Waals surface area contributed by atoms with Crippen molar-refractivity contribution in [3.63, 3.8) is 0 Å². The number of methoxy groups -OCH3 is 1. The molecule has 0 spiro atoms. The molecule has 0 aliphatic carbocycles. The van der Waals surface area contributed by atoms with Crippen LogP contribution in [0.1, 0.15) is 23.6 Å². The van der Waals surface area contributed by atoms with E-state index in [2.05, 4.69) is 15.4 Å². The molecule has 6 nitrogen and oxygen atoms in total. The SMILES string of the molecule is COC(=O)[C@@H](Cc1cccc(C(F)(F)F)c1)NC(=O)[C@H](Cc1ccc(F)cc1)NC(C)=O. The third kappa shape index (κ3) is 7.36. The zero-order valence-electron chi connectivity index (χ0n) is 17.3. The topological polar surface area (TPSA) is 84.5 Å². The van der Waals surface area contributed by atoms with Gasteiger partial charge in [0.25, 0.3) is 0 Å². The summed E-state index contributed by atoms with van der Waals surface area (Å²) in [6.45, 7) is 1.20. The van der Waals surface area contributed by atoms with Crippen LogP contribution in [0.3, 0.4) is 0 Å². The van der Waals surface area contributed by atoms with E-state index in [1.165, 1.54) is 43.3 Å². The zero-order valence-corrected chi connectivity index (χ0v) is 17.3. The van der Waals surface area contributed by atoms with Gasteiger partial charge in [0.15, 0.2) is 0 Å². The van der Waals surface area contributed by atoms with Crippen molar-refractivity contribution in [2.45, 2.75) is 38.0 Å². The molecule has 0 saturated carbocycles. The Morgan fingerprint density at radius 2 is 1.56 bits per heavy atom.